The third kappa shape index (κ3) is 4.81. The number of rotatable bonds is 5. The van der Waals surface area contributed by atoms with Gasteiger partial charge < -0.3 is 9.47 Å². The number of anilines is 3. The molecule has 0 N–H and O–H groups in total. The topological polar surface area (TPSA) is 8.17 Å². The van der Waals surface area contributed by atoms with Crippen LogP contribution in [0.3, 0.4) is 0 Å². The van der Waals surface area contributed by atoms with Gasteiger partial charge in [-0.2, -0.15) is 0 Å². The van der Waals surface area contributed by atoms with Crippen LogP contribution in [0.15, 0.2) is 206 Å². The number of hydrogen-bond acceptors (Lipinski definition) is 1. The molecular weight excluding hydrogens is 653 g/mol. The molecule has 252 valence electrons. The van der Waals surface area contributed by atoms with Crippen molar-refractivity contribution in [2.45, 2.75) is 0 Å². The van der Waals surface area contributed by atoms with Crippen molar-refractivity contribution in [1.82, 2.24) is 4.57 Å². The lowest BCUT2D eigenvalue weighted by atomic mass is 9.92. The summed E-state index contributed by atoms with van der Waals surface area (Å²) < 4.78 is 2.42. The Morgan fingerprint density at radius 1 is 0.315 bits per heavy atom. The van der Waals surface area contributed by atoms with E-state index in [0.717, 1.165) is 22.7 Å². The number of aromatic nitrogens is 1. The predicted octanol–water partition coefficient (Wildman–Crippen LogP) is 14.5. The van der Waals surface area contributed by atoms with Gasteiger partial charge >= 0.3 is 0 Å². The Hall–Kier alpha value is -7.16. The second-order valence-corrected chi connectivity index (χ2v) is 14.2. The van der Waals surface area contributed by atoms with E-state index in [2.05, 4.69) is 216 Å². The molecule has 0 atom stereocenters. The summed E-state index contributed by atoms with van der Waals surface area (Å²) in [6.07, 6.45) is 0. The van der Waals surface area contributed by atoms with Crippen molar-refractivity contribution in [3.8, 4) is 16.8 Å². The zero-order valence-corrected chi connectivity index (χ0v) is 29.5. The fourth-order valence-corrected chi connectivity index (χ4v) is 8.65. The third-order valence-electron chi connectivity index (χ3n) is 11.1. The lowest BCUT2D eigenvalue weighted by Crippen LogP contribution is -2.10. The van der Waals surface area contributed by atoms with Crippen LogP contribution >= 0.6 is 0 Å². The SMILES string of the molecule is c1ccc(-n2c3ccccc3c3c(-c4cccc(N(c5ccc6ccccc6c5)c5ccc6c(ccc7ccccc76)c5)c4)c4ccccc4cc32)cc1. The highest BCUT2D eigenvalue weighted by Crippen LogP contribution is 2.45. The van der Waals surface area contributed by atoms with Gasteiger partial charge in [0.2, 0.25) is 0 Å². The first-order valence-corrected chi connectivity index (χ1v) is 18.6. The lowest BCUT2D eigenvalue weighted by molar-refractivity contribution is 1.18. The summed E-state index contributed by atoms with van der Waals surface area (Å²) in [6.45, 7) is 0. The molecule has 1 heterocycles. The van der Waals surface area contributed by atoms with Gasteiger partial charge in [-0.25, -0.2) is 0 Å². The maximum Gasteiger partial charge on any atom is 0.0553 e. The van der Waals surface area contributed by atoms with E-state index in [0.29, 0.717) is 0 Å². The molecule has 54 heavy (non-hydrogen) atoms. The van der Waals surface area contributed by atoms with Crippen molar-refractivity contribution < 1.29 is 0 Å². The first-order valence-electron chi connectivity index (χ1n) is 18.6. The van der Waals surface area contributed by atoms with Crippen molar-refractivity contribution >= 4 is 82.0 Å². The third-order valence-corrected chi connectivity index (χ3v) is 11.1. The largest absolute Gasteiger partial charge is 0.310 e. The molecular formula is C52H34N2. The van der Waals surface area contributed by atoms with Crippen LogP contribution in [0.25, 0.3) is 81.7 Å². The minimum absolute atomic E-state index is 1.11. The van der Waals surface area contributed by atoms with Crippen molar-refractivity contribution in [2.24, 2.45) is 0 Å². The number of nitrogens with zero attached hydrogens (tertiary/aromatic N) is 2. The monoisotopic (exact) mass is 686 g/mol. The molecule has 10 aromatic carbocycles. The number of benzene rings is 10. The zero-order chi connectivity index (χ0) is 35.6. The molecule has 0 unspecified atom stereocenters. The molecule has 0 aliphatic heterocycles. The van der Waals surface area contributed by atoms with Crippen LogP contribution in [-0.2, 0) is 0 Å². The fraction of sp³-hybridized carbons (Fsp3) is 0. The van der Waals surface area contributed by atoms with Crippen LogP contribution in [0.4, 0.5) is 17.1 Å². The minimum atomic E-state index is 1.11. The molecule has 0 saturated carbocycles. The summed E-state index contributed by atoms with van der Waals surface area (Å²) in [5.41, 5.74) is 9.34. The summed E-state index contributed by atoms with van der Waals surface area (Å²) in [7, 11) is 0. The predicted molar refractivity (Wildman–Crippen MR) is 231 cm³/mol. The molecule has 2 nitrogen and oxygen atoms in total. The highest BCUT2D eigenvalue weighted by molar-refractivity contribution is 6.23. The van der Waals surface area contributed by atoms with Gasteiger partial charge in [-0.15, -0.1) is 0 Å². The molecule has 0 amide bonds. The Bertz CT molecular complexity index is 3230. The van der Waals surface area contributed by atoms with E-state index in [4.69, 9.17) is 0 Å². The maximum absolute atomic E-state index is 2.42. The van der Waals surface area contributed by atoms with Gasteiger partial charge in [0, 0.05) is 33.5 Å². The van der Waals surface area contributed by atoms with E-state index in [9.17, 15) is 0 Å². The van der Waals surface area contributed by atoms with Crippen molar-refractivity contribution in [3.05, 3.63) is 206 Å². The molecule has 0 bridgehead atoms. The van der Waals surface area contributed by atoms with Crippen molar-refractivity contribution in [3.63, 3.8) is 0 Å². The average molecular weight is 687 g/mol. The molecule has 0 saturated heterocycles. The first kappa shape index (κ1) is 30.5. The van der Waals surface area contributed by atoms with E-state index >= 15 is 0 Å². The molecule has 0 spiro atoms. The number of hydrogen-bond donors (Lipinski definition) is 0. The normalized spacial score (nSPS) is 11.7. The van der Waals surface area contributed by atoms with E-state index < -0.39 is 0 Å². The molecule has 0 aliphatic carbocycles. The Kier molecular flexibility index (Phi) is 6.90. The van der Waals surface area contributed by atoms with Crippen molar-refractivity contribution in [2.75, 3.05) is 4.90 Å². The quantitative estimate of drug-likeness (QED) is 0.164. The van der Waals surface area contributed by atoms with Gasteiger partial charge in [0.25, 0.3) is 0 Å². The van der Waals surface area contributed by atoms with Gasteiger partial charge in [-0.05, 0) is 115 Å². The Balaban J connectivity index is 1.18. The van der Waals surface area contributed by atoms with Crippen molar-refractivity contribution in [1.29, 1.82) is 0 Å². The Morgan fingerprint density at radius 2 is 0.889 bits per heavy atom. The zero-order valence-electron chi connectivity index (χ0n) is 29.5. The standard InChI is InChI=1S/C52H34N2/c1-2-18-41(19-3-1)54-49-24-11-10-23-48(49)52-50(54)34-38-16-7-9-22-47(38)51(52)40-17-12-20-42(33-40)53(43-28-27-35-13-4-5-15-37(35)31-43)44-29-30-46-39(32-44)26-25-36-14-6-8-21-45(36)46/h1-34H. The lowest BCUT2D eigenvalue weighted by Gasteiger charge is -2.27. The Morgan fingerprint density at radius 3 is 1.74 bits per heavy atom. The van der Waals surface area contributed by atoms with Gasteiger partial charge in [0.1, 0.15) is 0 Å². The van der Waals surface area contributed by atoms with Gasteiger partial charge in [-0.3, -0.25) is 0 Å². The molecule has 11 aromatic rings. The van der Waals surface area contributed by atoms with Crippen LogP contribution in [0, 0.1) is 0 Å². The van der Waals surface area contributed by atoms with Crippen LogP contribution in [0.5, 0.6) is 0 Å². The summed E-state index contributed by atoms with van der Waals surface area (Å²) in [5.74, 6) is 0. The summed E-state index contributed by atoms with van der Waals surface area (Å²) in [6, 6.07) is 75.4. The first-order chi connectivity index (χ1) is 26.8. The summed E-state index contributed by atoms with van der Waals surface area (Å²) in [5, 5.41) is 12.4. The Labute approximate surface area is 313 Å². The summed E-state index contributed by atoms with van der Waals surface area (Å²) in [4.78, 5) is 2.42. The second-order valence-electron chi connectivity index (χ2n) is 14.2. The minimum Gasteiger partial charge on any atom is -0.310 e. The van der Waals surface area contributed by atoms with Crippen LogP contribution < -0.4 is 4.90 Å². The van der Waals surface area contributed by atoms with E-state index in [1.165, 1.54) is 76.0 Å². The molecule has 0 aliphatic rings. The smallest absolute Gasteiger partial charge is 0.0553 e. The molecule has 0 radical (unpaired) electrons. The molecule has 0 fully saturated rings. The van der Waals surface area contributed by atoms with Gasteiger partial charge in [0.05, 0.1) is 11.0 Å². The van der Waals surface area contributed by atoms with Gasteiger partial charge in [0.15, 0.2) is 0 Å². The fourth-order valence-electron chi connectivity index (χ4n) is 8.65. The second kappa shape index (κ2) is 12.2. The van der Waals surface area contributed by atoms with E-state index in [-0.39, 0.29) is 0 Å². The average Bonchev–Trinajstić information content (AvgIpc) is 3.57. The van der Waals surface area contributed by atoms with Crippen LogP contribution in [0.2, 0.25) is 0 Å². The maximum atomic E-state index is 2.42. The number of fused-ring (bicyclic) bond motifs is 8. The summed E-state index contributed by atoms with van der Waals surface area (Å²) >= 11 is 0. The molecule has 1 aromatic heterocycles. The highest BCUT2D eigenvalue weighted by atomic mass is 15.1. The number of para-hydroxylation sites is 2. The van der Waals surface area contributed by atoms with Crippen LogP contribution in [0.1, 0.15) is 0 Å². The van der Waals surface area contributed by atoms with Gasteiger partial charge in [-0.1, -0.05) is 146 Å². The molecule has 11 rings (SSSR count). The highest BCUT2D eigenvalue weighted by Gasteiger charge is 2.21. The van der Waals surface area contributed by atoms with Crippen LogP contribution in [-0.4, -0.2) is 4.57 Å². The molecule has 2 heteroatoms. The van der Waals surface area contributed by atoms with E-state index in [1.807, 2.05) is 0 Å². The van der Waals surface area contributed by atoms with E-state index in [1.54, 1.807) is 0 Å².